The van der Waals surface area contributed by atoms with Gasteiger partial charge < -0.3 is 9.47 Å². The van der Waals surface area contributed by atoms with Gasteiger partial charge in [0.1, 0.15) is 0 Å². The predicted octanol–water partition coefficient (Wildman–Crippen LogP) is 3.69. The van der Waals surface area contributed by atoms with Gasteiger partial charge >= 0.3 is 11.9 Å². The third-order valence-electron chi connectivity index (χ3n) is 4.48. The quantitative estimate of drug-likeness (QED) is 0.469. The van der Waals surface area contributed by atoms with Gasteiger partial charge in [-0.15, -0.1) is 0 Å². The van der Waals surface area contributed by atoms with Crippen molar-refractivity contribution in [3.05, 3.63) is 35.9 Å². The normalized spacial score (nSPS) is 13.3. The maximum Gasteiger partial charge on any atom is 0.328 e. The Morgan fingerprint density at radius 3 is 1.88 bits per heavy atom. The number of carbonyl (C=O) groups excluding carboxylic acids is 3. The molecular formula is C21H30O5. The van der Waals surface area contributed by atoms with Gasteiger partial charge in [-0.1, -0.05) is 44.2 Å². The van der Waals surface area contributed by atoms with Crippen molar-refractivity contribution >= 4 is 17.7 Å². The number of benzene rings is 1. The minimum Gasteiger partial charge on any atom is -0.465 e. The molecule has 0 saturated heterocycles. The van der Waals surface area contributed by atoms with Crippen LogP contribution in [0.3, 0.4) is 0 Å². The van der Waals surface area contributed by atoms with Crippen LogP contribution in [0.2, 0.25) is 0 Å². The summed E-state index contributed by atoms with van der Waals surface area (Å²) in [4.78, 5) is 38.2. The molecule has 0 aliphatic rings. The zero-order valence-corrected chi connectivity index (χ0v) is 16.4. The lowest BCUT2D eigenvalue weighted by atomic mass is 9.70. The first-order valence-corrected chi connectivity index (χ1v) is 9.21. The van der Waals surface area contributed by atoms with E-state index in [4.69, 9.17) is 9.47 Å². The zero-order valence-electron chi connectivity index (χ0n) is 16.4. The van der Waals surface area contributed by atoms with E-state index in [-0.39, 0.29) is 13.2 Å². The van der Waals surface area contributed by atoms with E-state index in [1.807, 2.05) is 30.3 Å². The summed E-state index contributed by atoms with van der Waals surface area (Å²) in [7, 11) is 0. The Morgan fingerprint density at radius 1 is 0.962 bits per heavy atom. The number of Topliss-reactive ketones (excluding diaryl/α,β-unsaturated/α-hetero) is 1. The van der Waals surface area contributed by atoms with Crippen LogP contribution in [0.4, 0.5) is 0 Å². The molecule has 1 aromatic carbocycles. The topological polar surface area (TPSA) is 69.7 Å². The lowest BCUT2D eigenvalue weighted by Gasteiger charge is -2.31. The first-order chi connectivity index (χ1) is 12.3. The minimum absolute atomic E-state index is 0.0933. The maximum atomic E-state index is 13.4. The Labute approximate surface area is 156 Å². The van der Waals surface area contributed by atoms with Gasteiger partial charge in [0, 0.05) is 0 Å². The van der Waals surface area contributed by atoms with Gasteiger partial charge in [-0.2, -0.15) is 0 Å². The first kappa shape index (κ1) is 21.9. The molecule has 144 valence electrons. The molecular weight excluding hydrogens is 332 g/mol. The number of esters is 2. The summed E-state index contributed by atoms with van der Waals surface area (Å²) >= 11 is 0. The second kappa shape index (κ2) is 10.1. The monoisotopic (exact) mass is 362 g/mol. The van der Waals surface area contributed by atoms with E-state index in [0.717, 1.165) is 12.0 Å². The number of carbonyl (C=O) groups is 3. The molecule has 0 amide bonds. The summed E-state index contributed by atoms with van der Waals surface area (Å²) in [6, 6.07) is 9.27. The third-order valence-corrected chi connectivity index (χ3v) is 4.48. The minimum atomic E-state index is -1.56. The molecule has 0 N–H and O–H groups in total. The van der Waals surface area contributed by atoms with Crippen LogP contribution < -0.4 is 0 Å². The van der Waals surface area contributed by atoms with Crippen LogP contribution in [0, 0.1) is 11.8 Å². The molecule has 0 radical (unpaired) electrons. The number of ether oxygens (including phenoxy) is 2. The molecule has 0 aromatic heterocycles. The highest BCUT2D eigenvalue weighted by Gasteiger charge is 2.47. The summed E-state index contributed by atoms with van der Waals surface area (Å²) < 4.78 is 9.98. The van der Waals surface area contributed by atoms with Crippen LogP contribution in [0.15, 0.2) is 30.3 Å². The van der Waals surface area contributed by atoms with Gasteiger partial charge in [0.25, 0.3) is 0 Å². The van der Waals surface area contributed by atoms with Gasteiger partial charge in [-0.25, -0.2) is 0 Å². The molecule has 0 heterocycles. The number of hydrogen-bond donors (Lipinski definition) is 0. The summed E-state index contributed by atoms with van der Waals surface area (Å²) in [5.41, 5.74) is -0.195. The third kappa shape index (κ3) is 5.41. The van der Waals surface area contributed by atoms with E-state index in [0.29, 0.717) is 12.3 Å². The van der Waals surface area contributed by atoms with E-state index < -0.39 is 29.1 Å². The summed E-state index contributed by atoms with van der Waals surface area (Å²) in [5.74, 6) is -3.34. The number of rotatable bonds is 10. The number of ketones is 1. The van der Waals surface area contributed by atoms with Crippen molar-refractivity contribution in [1.82, 2.24) is 0 Å². The van der Waals surface area contributed by atoms with Crippen molar-refractivity contribution in [3.8, 4) is 0 Å². The van der Waals surface area contributed by atoms with E-state index in [1.165, 1.54) is 0 Å². The smallest absolute Gasteiger partial charge is 0.328 e. The first-order valence-electron chi connectivity index (χ1n) is 9.21. The van der Waals surface area contributed by atoms with Crippen LogP contribution >= 0.6 is 0 Å². The van der Waals surface area contributed by atoms with E-state index >= 15 is 0 Å². The van der Waals surface area contributed by atoms with Crippen molar-refractivity contribution in [2.45, 2.75) is 52.9 Å². The van der Waals surface area contributed by atoms with Gasteiger partial charge in [0.05, 0.1) is 18.6 Å². The van der Waals surface area contributed by atoms with Crippen LogP contribution in [0.5, 0.6) is 0 Å². The molecule has 1 atom stereocenters. The summed E-state index contributed by atoms with van der Waals surface area (Å²) in [5, 5.41) is 0. The van der Waals surface area contributed by atoms with E-state index in [1.54, 1.807) is 20.8 Å². The Balaban J connectivity index is 3.33. The van der Waals surface area contributed by atoms with Crippen molar-refractivity contribution in [2.24, 2.45) is 11.8 Å². The highest BCUT2D eigenvalue weighted by molar-refractivity contribution is 6.18. The van der Waals surface area contributed by atoms with Crippen molar-refractivity contribution in [1.29, 1.82) is 0 Å². The van der Waals surface area contributed by atoms with E-state index in [9.17, 15) is 14.4 Å². The van der Waals surface area contributed by atoms with Gasteiger partial charge in [-0.3, -0.25) is 14.4 Å². The Bertz CT molecular complexity index is 590. The average Bonchev–Trinajstić information content (AvgIpc) is 2.61. The van der Waals surface area contributed by atoms with Crippen LogP contribution in [0.25, 0.3) is 0 Å². The van der Waals surface area contributed by atoms with Gasteiger partial charge in [-0.05, 0) is 45.1 Å². The maximum absolute atomic E-state index is 13.4. The van der Waals surface area contributed by atoms with Gasteiger partial charge in [0.15, 0.2) is 5.78 Å². The molecule has 1 rings (SSSR count). The van der Waals surface area contributed by atoms with Gasteiger partial charge in [0.2, 0.25) is 5.92 Å². The Hall–Kier alpha value is -2.17. The molecule has 0 aliphatic carbocycles. The summed E-state index contributed by atoms with van der Waals surface area (Å²) in [6.07, 6.45) is 1.32. The molecule has 0 fully saturated rings. The molecule has 5 nitrogen and oxygen atoms in total. The fourth-order valence-corrected chi connectivity index (χ4v) is 2.87. The molecule has 26 heavy (non-hydrogen) atoms. The lowest BCUT2D eigenvalue weighted by molar-refractivity contribution is -0.165. The van der Waals surface area contributed by atoms with Crippen LogP contribution in [-0.2, 0) is 29.3 Å². The number of hydrogen-bond acceptors (Lipinski definition) is 5. The van der Waals surface area contributed by atoms with Crippen molar-refractivity contribution in [2.75, 3.05) is 13.2 Å². The second-order valence-corrected chi connectivity index (χ2v) is 6.93. The molecule has 0 saturated carbocycles. The second-order valence-electron chi connectivity index (χ2n) is 6.93. The molecule has 5 heteroatoms. The summed E-state index contributed by atoms with van der Waals surface area (Å²) in [6.45, 7) is 9.40. The highest BCUT2D eigenvalue weighted by Crippen LogP contribution is 2.34. The molecule has 0 aliphatic heterocycles. The SMILES string of the molecule is CCOC(=O)C(C(=O)OCC)C(=O)[C@](C)(CCC(C)C)c1ccccc1. The van der Waals surface area contributed by atoms with Crippen LogP contribution in [-0.4, -0.2) is 30.9 Å². The molecule has 1 aromatic rings. The van der Waals surface area contributed by atoms with Crippen LogP contribution in [0.1, 0.15) is 53.0 Å². The van der Waals surface area contributed by atoms with E-state index in [2.05, 4.69) is 13.8 Å². The Morgan fingerprint density at radius 2 is 1.46 bits per heavy atom. The average molecular weight is 362 g/mol. The lowest BCUT2D eigenvalue weighted by Crippen LogP contribution is -2.45. The van der Waals surface area contributed by atoms with Crippen molar-refractivity contribution < 1.29 is 23.9 Å². The predicted molar refractivity (Wildman–Crippen MR) is 99.6 cm³/mol. The standard InChI is InChI=1S/C21H30O5/c1-6-25-19(23)17(20(24)26-7-2)18(22)21(5,14-13-15(3)4)16-11-9-8-10-12-16/h8-12,15,17H,6-7,13-14H2,1-5H3/t21-/m1/s1. The Kier molecular flexibility index (Phi) is 8.49. The molecule has 0 unspecified atom stereocenters. The molecule has 0 bridgehead atoms. The zero-order chi connectivity index (χ0) is 19.7. The fourth-order valence-electron chi connectivity index (χ4n) is 2.87. The van der Waals surface area contributed by atoms with Crippen molar-refractivity contribution in [3.63, 3.8) is 0 Å². The highest BCUT2D eigenvalue weighted by atomic mass is 16.6. The fraction of sp³-hybridized carbons (Fsp3) is 0.571. The largest absolute Gasteiger partial charge is 0.465 e. The molecule has 0 spiro atoms.